The lowest BCUT2D eigenvalue weighted by molar-refractivity contribution is -0.225. The average molecular weight is 834 g/mol. The first-order valence-electron chi connectivity index (χ1n) is 19.5. The lowest BCUT2D eigenvalue weighted by atomic mass is 9.79. The Labute approximate surface area is 341 Å². The number of rotatable bonds is 11. The maximum Gasteiger partial charge on any atom is 0.406 e. The molecular formula is C42H43F4N7O7. The molecule has 0 unspecified atom stereocenters. The van der Waals surface area contributed by atoms with E-state index in [1.54, 1.807) is 49.2 Å². The highest BCUT2D eigenvalue weighted by atomic mass is 19.3. The van der Waals surface area contributed by atoms with E-state index in [0.717, 1.165) is 12.1 Å². The Morgan fingerprint density at radius 2 is 1.58 bits per heavy atom. The number of halogens is 4. The molecule has 2 saturated heterocycles. The maximum absolute atomic E-state index is 16.1. The van der Waals surface area contributed by atoms with E-state index in [0.29, 0.717) is 37.0 Å². The molecule has 2 aromatic carbocycles. The largest absolute Gasteiger partial charge is 0.455 e. The molecule has 60 heavy (non-hydrogen) atoms. The van der Waals surface area contributed by atoms with Gasteiger partial charge in [0.05, 0.1) is 62.6 Å². The zero-order chi connectivity index (χ0) is 42.6. The smallest absolute Gasteiger partial charge is 0.406 e. The van der Waals surface area contributed by atoms with Gasteiger partial charge in [-0.1, -0.05) is 31.2 Å². The SMILES string of the molecule is CC[C@@H](CNC(=O)OC)C(=O)N1CC2(C[C@H]1c1ncc(-c3ccc4c(c3)C(F)(F)C(F)(F)c3cc(-c5cnc(CC(C)(C)OC(=O)c6ccc[nH]6)[nH]5)ccc3-4)[nH]1)OCCO2. The maximum atomic E-state index is 16.1. The van der Waals surface area contributed by atoms with Gasteiger partial charge in [-0.05, 0) is 55.7 Å². The number of aromatic nitrogens is 5. The molecule has 2 fully saturated rings. The zero-order valence-electron chi connectivity index (χ0n) is 33.2. The van der Waals surface area contributed by atoms with E-state index in [2.05, 4.69) is 35.0 Å². The number of hydrogen-bond donors (Lipinski definition) is 4. The van der Waals surface area contributed by atoms with Crippen LogP contribution in [0.25, 0.3) is 33.6 Å². The fourth-order valence-corrected chi connectivity index (χ4v) is 8.15. The minimum atomic E-state index is -4.61. The van der Waals surface area contributed by atoms with Gasteiger partial charge in [-0.25, -0.2) is 19.6 Å². The van der Waals surface area contributed by atoms with E-state index in [1.807, 2.05) is 6.92 Å². The molecule has 0 saturated carbocycles. The summed E-state index contributed by atoms with van der Waals surface area (Å²) in [5.41, 5.74) is -1.52. The normalized spacial score (nSPS) is 19.1. The molecule has 2 atom stereocenters. The number of carbonyl (C=O) groups is 3. The zero-order valence-corrected chi connectivity index (χ0v) is 33.2. The molecule has 5 heterocycles. The number of nitrogens with one attached hydrogen (secondary N) is 4. The van der Waals surface area contributed by atoms with Crippen molar-refractivity contribution in [2.45, 2.75) is 69.3 Å². The Kier molecular flexibility index (Phi) is 10.3. The number of H-pyrrole nitrogens is 3. The summed E-state index contributed by atoms with van der Waals surface area (Å²) >= 11 is 0. The van der Waals surface area contributed by atoms with E-state index < -0.39 is 58.4 Å². The number of hydrogen-bond acceptors (Lipinski definition) is 9. The Morgan fingerprint density at radius 1 is 0.950 bits per heavy atom. The number of alkyl carbamates (subject to hydrolysis) is 1. The van der Waals surface area contributed by atoms with Gasteiger partial charge >= 0.3 is 23.9 Å². The van der Waals surface area contributed by atoms with Gasteiger partial charge in [0.2, 0.25) is 5.91 Å². The van der Waals surface area contributed by atoms with Crippen LogP contribution in [0.4, 0.5) is 22.4 Å². The number of fused-ring (bicyclic) bond motifs is 3. The Balaban J connectivity index is 1.05. The third kappa shape index (κ3) is 7.31. The summed E-state index contributed by atoms with van der Waals surface area (Å²) in [7, 11) is 1.22. The van der Waals surface area contributed by atoms with Crippen molar-refractivity contribution in [2.24, 2.45) is 5.92 Å². The van der Waals surface area contributed by atoms with Gasteiger partial charge < -0.3 is 44.1 Å². The van der Waals surface area contributed by atoms with Crippen LogP contribution in [0, 0.1) is 5.92 Å². The van der Waals surface area contributed by atoms with Crippen LogP contribution < -0.4 is 5.32 Å². The highest BCUT2D eigenvalue weighted by Gasteiger charge is 2.63. The second kappa shape index (κ2) is 15.2. The van der Waals surface area contributed by atoms with Crippen molar-refractivity contribution >= 4 is 18.0 Å². The van der Waals surface area contributed by atoms with E-state index >= 15 is 17.6 Å². The lowest BCUT2D eigenvalue weighted by Gasteiger charge is -2.35. The van der Waals surface area contributed by atoms with Crippen LogP contribution in [0.2, 0.25) is 0 Å². The summed E-state index contributed by atoms with van der Waals surface area (Å²) in [5, 5.41) is 2.57. The van der Waals surface area contributed by atoms with Crippen LogP contribution in [0.3, 0.4) is 0 Å². The number of nitrogens with zero attached hydrogens (tertiary/aromatic N) is 3. The van der Waals surface area contributed by atoms with Gasteiger partial charge in [-0.2, -0.15) is 17.6 Å². The molecular weight excluding hydrogens is 790 g/mol. The molecule has 4 N–H and O–H groups in total. The molecule has 3 aliphatic rings. The van der Waals surface area contributed by atoms with Crippen molar-refractivity contribution in [2.75, 3.05) is 33.4 Å². The monoisotopic (exact) mass is 833 g/mol. The highest BCUT2D eigenvalue weighted by Crippen LogP contribution is 2.58. The average Bonchev–Trinajstić information content (AvgIpc) is 4.08. The first-order valence-corrected chi connectivity index (χ1v) is 19.5. The Morgan fingerprint density at radius 3 is 2.18 bits per heavy atom. The second-order valence-corrected chi connectivity index (χ2v) is 15.8. The summed E-state index contributed by atoms with van der Waals surface area (Å²) in [6.45, 7) is 5.99. The van der Waals surface area contributed by atoms with E-state index in [-0.39, 0.29) is 65.5 Å². The number of benzene rings is 2. The molecule has 1 spiro atoms. The van der Waals surface area contributed by atoms with Crippen molar-refractivity contribution in [1.29, 1.82) is 0 Å². The van der Waals surface area contributed by atoms with Gasteiger partial charge in [0.25, 0.3) is 0 Å². The van der Waals surface area contributed by atoms with Crippen molar-refractivity contribution in [3.05, 3.63) is 95.6 Å². The van der Waals surface area contributed by atoms with E-state index in [9.17, 15) is 14.4 Å². The molecule has 0 bridgehead atoms. The summed E-state index contributed by atoms with van der Waals surface area (Å²) in [6.07, 6.45) is 4.52. The van der Waals surface area contributed by atoms with Crippen LogP contribution >= 0.6 is 0 Å². The number of ether oxygens (including phenoxy) is 4. The third-order valence-electron chi connectivity index (χ3n) is 11.3. The molecule has 1 aliphatic carbocycles. The summed E-state index contributed by atoms with van der Waals surface area (Å²) in [6, 6.07) is 10.5. The number of alkyl halides is 4. The Bertz CT molecular complexity index is 2420. The Hall–Kier alpha value is -6.01. The van der Waals surface area contributed by atoms with E-state index in [4.69, 9.17) is 14.2 Å². The van der Waals surface area contributed by atoms with Crippen molar-refractivity contribution in [3.63, 3.8) is 0 Å². The van der Waals surface area contributed by atoms with Crippen molar-refractivity contribution < 1.29 is 50.9 Å². The van der Waals surface area contributed by atoms with Crippen molar-refractivity contribution in [3.8, 4) is 33.6 Å². The molecule has 3 aromatic heterocycles. The number of methoxy groups -OCH3 is 1. The molecule has 316 valence electrons. The summed E-state index contributed by atoms with van der Waals surface area (Å²) < 4.78 is 86.6. The van der Waals surface area contributed by atoms with Gasteiger partial charge in [-0.15, -0.1) is 0 Å². The second-order valence-electron chi connectivity index (χ2n) is 15.8. The molecule has 2 aliphatic heterocycles. The minimum absolute atomic E-state index is 0.0278. The van der Waals surface area contributed by atoms with Gasteiger partial charge in [0, 0.05) is 47.8 Å². The first kappa shape index (κ1) is 40.8. The molecule has 8 rings (SSSR count). The quantitative estimate of drug-likeness (QED) is 0.0790. The molecule has 18 heteroatoms. The number of esters is 1. The number of amides is 2. The highest BCUT2D eigenvalue weighted by molar-refractivity contribution is 5.87. The van der Waals surface area contributed by atoms with Gasteiger partial charge in [0.15, 0.2) is 5.79 Å². The standard InChI is InChI=1S/C42H43F4N7O7/c1-5-23(19-50-38(56)57-4)36(54)53-22-40(58-13-14-59-40)17-33(53)35-49-21-32(52-35)25-9-11-27-26-10-8-24(15-28(26)41(43,44)42(45,46)29(27)16-25)31-20-48-34(51-31)18-39(2,3)60-37(55)30-7-6-12-47-30/h6-12,15-16,20-21,23,33,47H,5,13-14,17-19,22H2,1-4H3,(H,48,51)(H,49,52)(H,50,56)/t23-,33-/m0/s1. The predicted molar refractivity (Wildman–Crippen MR) is 207 cm³/mol. The van der Waals surface area contributed by atoms with Crippen LogP contribution in [-0.2, 0) is 42.0 Å². The first-order chi connectivity index (χ1) is 28.5. The molecule has 2 amide bonds. The fourth-order valence-electron chi connectivity index (χ4n) is 8.15. The summed E-state index contributed by atoms with van der Waals surface area (Å²) in [5.74, 6) is -11.0. The van der Waals surface area contributed by atoms with Crippen LogP contribution in [0.15, 0.2) is 67.1 Å². The molecule has 0 radical (unpaired) electrons. The fraction of sp³-hybridized carbons (Fsp3) is 0.405. The van der Waals surface area contributed by atoms with Crippen LogP contribution in [0.1, 0.15) is 72.9 Å². The van der Waals surface area contributed by atoms with Crippen LogP contribution in [-0.4, -0.2) is 92.6 Å². The number of imidazole rings is 2. The third-order valence-corrected chi connectivity index (χ3v) is 11.3. The molecule has 5 aromatic rings. The number of aromatic amines is 3. The topological polar surface area (TPSA) is 177 Å². The van der Waals surface area contributed by atoms with E-state index in [1.165, 1.54) is 31.6 Å². The molecule has 14 nitrogen and oxygen atoms in total. The van der Waals surface area contributed by atoms with Gasteiger partial charge in [-0.3, -0.25) is 4.79 Å². The lowest BCUT2D eigenvalue weighted by Crippen LogP contribution is -2.43. The predicted octanol–water partition coefficient (Wildman–Crippen LogP) is 7.24. The van der Waals surface area contributed by atoms with Crippen LogP contribution in [0.5, 0.6) is 0 Å². The van der Waals surface area contributed by atoms with Crippen molar-refractivity contribution in [1.82, 2.24) is 35.1 Å². The van der Waals surface area contributed by atoms with Gasteiger partial charge in [0.1, 0.15) is 22.9 Å². The minimum Gasteiger partial charge on any atom is -0.455 e. The number of carbonyl (C=O) groups excluding carboxylic acids is 3. The summed E-state index contributed by atoms with van der Waals surface area (Å²) in [4.78, 5) is 57.6. The number of likely N-dealkylation sites (tertiary alicyclic amines) is 1.